The molecule has 0 heterocycles. The standard InChI is InChI=1S/C16H16FNO3S/c1-10-13(17)7-4-8-15(10)22(20,21)18-16-12-6-3-2-5-11(12)9-14(16)19/h2-8,14,16,18-19H,9H2,1H3. The second-order valence-corrected chi connectivity index (χ2v) is 7.11. The van der Waals surface area contributed by atoms with Crippen molar-refractivity contribution in [2.45, 2.75) is 30.4 Å². The molecule has 2 unspecified atom stereocenters. The van der Waals surface area contributed by atoms with E-state index in [-0.39, 0.29) is 10.5 Å². The molecule has 0 saturated carbocycles. The minimum absolute atomic E-state index is 0.0655. The average molecular weight is 321 g/mol. The normalized spacial score (nSPS) is 20.9. The monoisotopic (exact) mass is 321 g/mol. The van der Waals surface area contributed by atoms with Gasteiger partial charge in [0.05, 0.1) is 17.0 Å². The summed E-state index contributed by atoms with van der Waals surface area (Å²) in [5.74, 6) is -0.574. The minimum atomic E-state index is -3.92. The molecule has 1 aliphatic carbocycles. The second-order valence-electron chi connectivity index (χ2n) is 5.43. The van der Waals surface area contributed by atoms with Gasteiger partial charge in [-0.1, -0.05) is 30.3 Å². The number of hydrogen-bond acceptors (Lipinski definition) is 3. The van der Waals surface area contributed by atoms with Crippen molar-refractivity contribution in [2.75, 3.05) is 0 Å². The van der Waals surface area contributed by atoms with Crippen molar-refractivity contribution in [1.82, 2.24) is 4.72 Å². The summed E-state index contributed by atoms with van der Waals surface area (Å²) in [5, 5.41) is 10.1. The SMILES string of the molecule is Cc1c(F)cccc1S(=O)(=O)NC1c2ccccc2CC1O. The molecule has 0 aliphatic heterocycles. The number of benzene rings is 2. The lowest BCUT2D eigenvalue weighted by atomic mass is 10.1. The molecule has 22 heavy (non-hydrogen) atoms. The van der Waals surface area contributed by atoms with Crippen LogP contribution in [0.2, 0.25) is 0 Å². The molecular formula is C16H16FNO3S. The summed E-state index contributed by atoms with van der Waals surface area (Å²) in [7, 11) is -3.92. The van der Waals surface area contributed by atoms with Gasteiger partial charge in [0.25, 0.3) is 0 Å². The van der Waals surface area contributed by atoms with Crippen LogP contribution in [-0.2, 0) is 16.4 Å². The average Bonchev–Trinajstić information content (AvgIpc) is 2.78. The van der Waals surface area contributed by atoms with Gasteiger partial charge in [-0.2, -0.15) is 0 Å². The highest BCUT2D eigenvalue weighted by Crippen LogP contribution is 2.33. The fourth-order valence-electron chi connectivity index (χ4n) is 2.83. The third-order valence-electron chi connectivity index (χ3n) is 3.99. The van der Waals surface area contributed by atoms with Crippen LogP contribution in [0.3, 0.4) is 0 Å². The lowest BCUT2D eigenvalue weighted by Crippen LogP contribution is -2.34. The van der Waals surface area contributed by atoms with E-state index in [4.69, 9.17) is 0 Å². The molecule has 0 fully saturated rings. The van der Waals surface area contributed by atoms with Gasteiger partial charge in [-0.25, -0.2) is 17.5 Å². The molecule has 0 aromatic heterocycles. The summed E-state index contributed by atoms with van der Waals surface area (Å²) >= 11 is 0. The molecule has 1 aliphatic rings. The number of sulfonamides is 1. The first kappa shape index (κ1) is 15.1. The third-order valence-corrected chi connectivity index (χ3v) is 5.58. The Labute approximate surface area is 128 Å². The van der Waals surface area contributed by atoms with E-state index in [0.29, 0.717) is 6.42 Å². The molecule has 0 spiro atoms. The van der Waals surface area contributed by atoms with Gasteiger partial charge in [-0.05, 0) is 30.2 Å². The molecule has 0 radical (unpaired) electrons. The maximum atomic E-state index is 13.6. The van der Waals surface area contributed by atoms with Crippen LogP contribution in [0.25, 0.3) is 0 Å². The molecule has 116 valence electrons. The molecule has 3 rings (SSSR count). The number of rotatable bonds is 3. The Balaban J connectivity index is 1.97. The number of aliphatic hydroxyl groups excluding tert-OH is 1. The predicted molar refractivity (Wildman–Crippen MR) is 80.4 cm³/mol. The zero-order valence-corrected chi connectivity index (χ0v) is 12.8. The summed E-state index contributed by atoms with van der Waals surface area (Å²) in [4.78, 5) is -0.107. The lowest BCUT2D eigenvalue weighted by Gasteiger charge is -2.19. The Morgan fingerprint density at radius 3 is 2.68 bits per heavy atom. The van der Waals surface area contributed by atoms with Gasteiger partial charge in [0.1, 0.15) is 5.82 Å². The van der Waals surface area contributed by atoms with E-state index in [0.717, 1.165) is 11.1 Å². The molecule has 0 saturated heterocycles. The van der Waals surface area contributed by atoms with Crippen molar-refractivity contribution < 1.29 is 17.9 Å². The number of halogens is 1. The van der Waals surface area contributed by atoms with Crippen LogP contribution in [0.15, 0.2) is 47.4 Å². The van der Waals surface area contributed by atoms with Gasteiger partial charge in [0, 0.05) is 12.0 Å². The number of hydrogen-bond donors (Lipinski definition) is 2. The zero-order chi connectivity index (χ0) is 15.9. The molecule has 2 aromatic carbocycles. The number of nitrogens with one attached hydrogen (secondary N) is 1. The van der Waals surface area contributed by atoms with Crippen molar-refractivity contribution in [3.05, 3.63) is 65.0 Å². The smallest absolute Gasteiger partial charge is 0.241 e. The molecule has 4 nitrogen and oxygen atoms in total. The highest BCUT2D eigenvalue weighted by Gasteiger charge is 2.34. The summed E-state index contributed by atoms with van der Waals surface area (Å²) < 4.78 is 41.2. The molecule has 2 aromatic rings. The van der Waals surface area contributed by atoms with Crippen LogP contribution < -0.4 is 4.72 Å². The first-order chi connectivity index (χ1) is 10.4. The quantitative estimate of drug-likeness (QED) is 0.909. The topological polar surface area (TPSA) is 66.4 Å². The highest BCUT2D eigenvalue weighted by molar-refractivity contribution is 7.89. The van der Waals surface area contributed by atoms with Crippen molar-refractivity contribution in [3.63, 3.8) is 0 Å². The van der Waals surface area contributed by atoms with Gasteiger partial charge in [0.15, 0.2) is 0 Å². The van der Waals surface area contributed by atoms with Crippen LogP contribution in [0, 0.1) is 12.7 Å². The predicted octanol–water partition coefficient (Wildman–Crippen LogP) is 2.07. The number of fused-ring (bicyclic) bond motifs is 1. The van der Waals surface area contributed by atoms with E-state index >= 15 is 0 Å². The molecule has 2 N–H and O–H groups in total. The minimum Gasteiger partial charge on any atom is -0.391 e. The van der Waals surface area contributed by atoms with E-state index in [1.54, 1.807) is 12.1 Å². The fraction of sp³-hybridized carbons (Fsp3) is 0.250. The van der Waals surface area contributed by atoms with Gasteiger partial charge in [-0.15, -0.1) is 0 Å². The summed E-state index contributed by atoms with van der Waals surface area (Å²) in [6.07, 6.45) is -0.438. The molecular weight excluding hydrogens is 305 g/mol. The van der Waals surface area contributed by atoms with Crippen LogP contribution >= 0.6 is 0 Å². The van der Waals surface area contributed by atoms with E-state index in [1.807, 2.05) is 12.1 Å². The first-order valence-corrected chi connectivity index (χ1v) is 8.42. The number of aliphatic hydroxyl groups is 1. The third kappa shape index (κ3) is 2.54. The molecule has 0 amide bonds. The Hall–Kier alpha value is -1.76. The Kier molecular flexibility index (Phi) is 3.76. The van der Waals surface area contributed by atoms with Crippen LogP contribution in [-0.4, -0.2) is 19.6 Å². The maximum absolute atomic E-state index is 13.6. The Morgan fingerprint density at radius 2 is 1.91 bits per heavy atom. The molecule has 2 atom stereocenters. The second kappa shape index (κ2) is 5.46. The zero-order valence-electron chi connectivity index (χ0n) is 12.0. The van der Waals surface area contributed by atoms with Gasteiger partial charge in [-0.3, -0.25) is 0 Å². The summed E-state index contributed by atoms with van der Waals surface area (Å²) in [6.45, 7) is 1.42. The largest absolute Gasteiger partial charge is 0.391 e. The van der Waals surface area contributed by atoms with Crippen molar-refractivity contribution in [1.29, 1.82) is 0 Å². The highest BCUT2D eigenvalue weighted by atomic mass is 32.2. The fourth-order valence-corrected chi connectivity index (χ4v) is 4.33. The van der Waals surface area contributed by atoms with Crippen molar-refractivity contribution in [3.8, 4) is 0 Å². The van der Waals surface area contributed by atoms with Crippen LogP contribution in [0.1, 0.15) is 22.7 Å². The van der Waals surface area contributed by atoms with Crippen molar-refractivity contribution >= 4 is 10.0 Å². The van der Waals surface area contributed by atoms with Crippen LogP contribution in [0.5, 0.6) is 0 Å². The van der Waals surface area contributed by atoms with E-state index in [2.05, 4.69) is 4.72 Å². The first-order valence-electron chi connectivity index (χ1n) is 6.93. The van der Waals surface area contributed by atoms with E-state index < -0.39 is 28.0 Å². The maximum Gasteiger partial charge on any atom is 0.241 e. The summed E-state index contributed by atoms with van der Waals surface area (Å²) in [5.41, 5.74) is 1.74. The Bertz CT molecular complexity index is 820. The van der Waals surface area contributed by atoms with E-state index in [1.165, 1.54) is 25.1 Å². The van der Waals surface area contributed by atoms with E-state index in [9.17, 15) is 17.9 Å². The Morgan fingerprint density at radius 1 is 1.18 bits per heavy atom. The van der Waals surface area contributed by atoms with Gasteiger partial charge < -0.3 is 5.11 Å². The summed E-state index contributed by atoms with van der Waals surface area (Å²) in [6, 6.07) is 10.5. The van der Waals surface area contributed by atoms with Gasteiger partial charge in [0.2, 0.25) is 10.0 Å². The van der Waals surface area contributed by atoms with Gasteiger partial charge >= 0.3 is 0 Å². The molecule has 6 heteroatoms. The molecule has 0 bridgehead atoms. The van der Waals surface area contributed by atoms with Crippen LogP contribution in [0.4, 0.5) is 4.39 Å². The van der Waals surface area contributed by atoms with Crippen molar-refractivity contribution in [2.24, 2.45) is 0 Å². The lowest BCUT2D eigenvalue weighted by molar-refractivity contribution is 0.151.